The first-order valence-corrected chi connectivity index (χ1v) is 9.66. The lowest BCUT2D eigenvalue weighted by Crippen LogP contribution is -3.15. The number of hydrogen-bond acceptors (Lipinski definition) is 2. The quantitative estimate of drug-likeness (QED) is 0.807. The maximum Gasteiger partial charge on any atom is 0.279 e. The number of aryl methyl sites for hydroxylation is 1. The summed E-state index contributed by atoms with van der Waals surface area (Å²) in [6.45, 7) is 6.18. The van der Waals surface area contributed by atoms with Crippen LogP contribution in [0.4, 0.5) is 11.4 Å². The van der Waals surface area contributed by atoms with Crippen LogP contribution in [0.3, 0.4) is 0 Å². The number of anilines is 2. The molecule has 1 fully saturated rings. The molecule has 1 saturated heterocycles. The maximum absolute atomic E-state index is 12.4. The minimum atomic E-state index is -0.101. The summed E-state index contributed by atoms with van der Waals surface area (Å²) in [7, 11) is 0. The third-order valence-corrected chi connectivity index (χ3v) is 5.42. The second kappa shape index (κ2) is 8.49. The molecule has 2 aromatic carbocycles. The van der Waals surface area contributed by atoms with Crippen LogP contribution >= 0.6 is 34.8 Å². The fourth-order valence-corrected chi connectivity index (χ4v) is 4.14. The Kier molecular flexibility index (Phi) is 6.30. The number of para-hydroxylation sites is 1. The van der Waals surface area contributed by atoms with Crippen molar-refractivity contribution in [1.29, 1.82) is 0 Å². The molecule has 0 aromatic heterocycles. The Balaban J connectivity index is 1.55. The molecule has 1 aliphatic rings. The molecule has 0 spiro atoms. The molecule has 1 aliphatic heterocycles. The lowest BCUT2D eigenvalue weighted by Gasteiger charge is -2.34. The van der Waals surface area contributed by atoms with Crippen molar-refractivity contribution in [2.75, 3.05) is 42.9 Å². The smallest absolute Gasteiger partial charge is 0.279 e. The van der Waals surface area contributed by atoms with E-state index in [1.54, 1.807) is 12.1 Å². The largest absolute Gasteiger partial charge is 0.360 e. The summed E-state index contributed by atoms with van der Waals surface area (Å²) >= 11 is 18.2. The van der Waals surface area contributed by atoms with Gasteiger partial charge in [-0.15, -0.1) is 0 Å². The normalized spacial score (nSPS) is 15.2. The highest BCUT2D eigenvalue weighted by Crippen LogP contribution is 2.33. The Morgan fingerprint density at radius 3 is 2.35 bits per heavy atom. The number of benzene rings is 2. The van der Waals surface area contributed by atoms with Gasteiger partial charge in [-0.2, -0.15) is 0 Å². The molecule has 0 bridgehead atoms. The van der Waals surface area contributed by atoms with Crippen LogP contribution in [0.2, 0.25) is 15.1 Å². The second-order valence-electron chi connectivity index (χ2n) is 6.49. The number of carbonyl (C=O) groups excluding carboxylic acids is 1. The molecule has 4 nitrogen and oxygen atoms in total. The van der Waals surface area contributed by atoms with E-state index in [-0.39, 0.29) is 5.91 Å². The summed E-state index contributed by atoms with van der Waals surface area (Å²) in [5.41, 5.74) is 2.97. The summed E-state index contributed by atoms with van der Waals surface area (Å²) < 4.78 is 0. The molecule has 138 valence electrons. The molecule has 7 heteroatoms. The Morgan fingerprint density at radius 1 is 1.12 bits per heavy atom. The van der Waals surface area contributed by atoms with Crippen LogP contribution in [0.25, 0.3) is 0 Å². The number of hydrogen-bond donors (Lipinski definition) is 2. The van der Waals surface area contributed by atoms with Crippen molar-refractivity contribution >= 4 is 52.1 Å². The number of nitrogens with zero attached hydrogens (tertiary/aromatic N) is 1. The van der Waals surface area contributed by atoms with Gasteiger partial charge in [-0.05, 0) is 30.7 Å². The predicted octanol–water partition coefficient (Wildman–Crippen LogP) is 3.30. The monoisotopic (exact) mass is 412 g/mol. The number of carbonyl (C=O) groups is 1. The maximum atomic E-state index is 12.4. The van der Waals surface area contributed by atoms with E-state index in [0.29, 0.717) is 27.3 Å². The van der Waals surface area contributed by atoms with Crippen molar-refractivity contribution in [2.45, 2.75) is 6.92 Å². The summed E-state index contributed by atoms with van der Waals surface area (Å²) in [6, 6.07) is 11.5. The molecule has 2 N–H and O–H groups in total. The van der Waals surface area contributed by atoms with E-state index in [0.717, 1.165) is 26.2 Å². The van der Waals surface area contributed by atoms with Gasteiger partial charge in [0.25, 0.3) is 5.91 Å². The van der Waals surface area contributed by atoms with Gasteiger partial charge in [0.05, 0.1) is 41.9 Å². The van der Waals surface area contributed by atoms with Gasteiger partial charge in [-0.3, -0.25) is 4.79 Å². The number of rotatable bonds is 4. The van der Waals surface area contributed by atoms with Gasteiger partial charge in [0.1, 0.15) is 0 Å². The number of halogens is 3. The Morgan fingerprint density at radius 2 is 1.73 bits per heavy atom. The highest BCUT2D eigenvalue weighted by atomic mass is 35.5. The van der Waals surface area contributed by atoms with Gasteiger partial charge in [0.2, 0.25) is 0 Å². The second-order valence-corrected chi connectivity index (χ2v) is 7.74. The SMILES string of the molecule is Cc1ccccc1N1CC[NH+](CC(=O)Nc2c(Cl)cc(Cl)cc2Cl)CC1. The molecular weight excluding hydrogens is 393 g/mol. The first kappa shape index (κ1) is 19.3. The molecule has 2 aromatic rings. The van der Waals surface area contributed by atoms with Crippen LogP contribution in [-0.4, -0.2) is 38.6 Å². The first-order valence-electron chi connectivity index (χ1n) is 8.52. The van der Waals surface area contributed by atoms with E-state index >= 15 is 0 Å². The molecule has 1 heterocycles. The number of piperazine rings is 1. The zero-order valence-corrected chi connectivity index (χ0v) is 16.8. The molecule has 0 radical (unpaired) electrons. The molecule has 0 aliphatic carbocycles. The first-order chi connectivity index (χ1) is 12.4. The number of quaternary nitrogens is 1. The molecule has 1 amide bonds. The minimum absolute atomic E-state index is 0.101. The lowest BCUT2D eigenvalue weighted by atomic mass is 10.1. The van der Waals surface area contributed by atoms with Crippen molar-refractivity contribution < 1.29 is 9.69 Å². The van der Waals surface area contributed by atoms with Crippen molar-refractivity contribution in [2.24, 2.45) is 0 Å². The Bertz CT molecular complexity index is 781. The van der Waals surface area contributed by atoms with E-state index in [4.69, 9.17) is 34.8 Å². The van der Waals surface area contributed by atoms with Gasteiger partial charge in [-0.1, -0.05) is 53.0 Å². The molecule has 0 unspecified atom stereocenters. The zero-order valence-electron chi connectivity index (χ0n) is 14.5. The Hall–Kier alpha value is -1.46. The van der Waals surface area contributed by atoms with E-state index in [2.05, 4.69) is 41.4 Å². The van der Waals surface area contributed by atoms with Crippen molar-refractivity contribution in [3.63, 3.8) is 0 Å². The van der Waals surface area contributed by atoms with Gasteiger partial charge < -0.3 is 15.1 Å². The van der Waals surface area contributed by atoms with Crippen LogP contribution in [-0.2, 0) is 4.79 Å². The van der Waals surface area contributed by atoms with E-state index in [9.17, 15) is 4.79 Å². The minimum Gasteiger partial charge on any atom is -0.360 e. The van der Waals surface area contributed by atoms with Crippen molar-refractivity contribution in [3.05, 3.63) is 57.0 Å². The summed E-state index contributed by atoms with van der Waals surface area (Å²) in [5, 5.41) is 3.94. The van der Waals surface area contributed by atoms with Crippen LogP contribution in [0.5, 0.6) is 0 Å². The standard InChI is InChI=1S/C19H20Cl3N3O/c1-13-4-2-3-5-17(13)25-8-6-24(7-9-25)12-18(26)23-19-15(21)10-14(20)11-16(19)22/h2-5,10-11H,6-9,12H2,1H3,(H,23,26)/p+1. The molecule has 26 heavy (non-hydrogen) atoms. The molecular formula is C19H21Cl3N3O+. The third-order valence-electron chi connectivity index (χ3n) is 4.61. The van der Waals surface area contributed by atoms with Gasteiger partial charge in [0.15, 0.2) is 6.54 Å². The van der Waals surface area contributed by atoms with E-state index in [1.807, 2.05) is 0 Å². The summed E-state index contributed by atoms with van der Waals surface area (Å²) in [6.07, 6.45) is 0. The average molecular weight is 414 g/mol. The molecule has 0 saturated carbocycles. The van der Waals surface area contributed by atoms with Gasteiger partial charge in [-0.25, -0.2) is 0 Å². The lowest BCUT2D eigenvalue weighted by molar-refractivity contribution is -0.892. The highest BCUT2D eigenvalue weighted by Gasteiger charge is 2.23. The zero-order chi connectivity index (χ0) is 18.7. The fourth-order valence-electron chi connectivity index (χ4n) is 3.23. The molecule has 0 atom stereocenters. The van der Waals surface area contributed by atoms with Crippen molar-refractivity contribution in [3.8, 4) is 0 Å². The Labute approximate surface area is 168 Å². The van der Waals surface area contributed by atoms with Crippen molar-refractivity contribution in [1.82, 2.24) is 0 Å². The number of nitrogens with one attached hydrogen (secondary N) is 2. The van der Waals surface area contributed by atoms with Gasteiger partial charge in [0, 0.05) is 10.7 Å². The molecule has 3 rings (SSSR count). The topological polar surface area (TPSA) is 36.8 Å². The third kappa shape index (κ3) is 4.63. The van der Waals surface area contributed by atoms with Crippen LogP contribution < -0.4 is 15.1 Å². The average Bonchev–Trinajstić information content (AvgIpc) is 2.59. The summed E-state index contributed by atoms with van der Waals surface area (Å²) in [5.74, 6) is -0.101. The van der Waals surface area contributed by atoms with Crippen LogP contribution in [0, 0.1) is 6.92 Å². The van der Waals surface area contributed by atoms with Crippen LogP contribution in [0.1, 0.15) is 5.56 Å². The number of amides is 1. The summed E-state index contributed by atoms with van der Waals surface area (Å²) in [4.78, 5) is 16.0. The predicted molar refractivity (Wildman–Crippen MR) is 109 cm³/mol. The van der Waals surface area contributed by atoms with E-state index in [1.165, 1.54) is 16.2 Å². The van der Waals surface area contributed by atoms with Crippen LogP contribution in [0.15, 0.2) is 36.4 Å². The highest BCUT2D eigenvalue weighted by molar-refractivity contribution is 6.42. The fraction of sp³-hybridized carbons (Fsp3) is 0.316. The van der Waals surface area contributed by atoms with Gasteiger partial charge >= 0.3 is 0 Å². The van der Waals surface area contributed by atoms with E-state index < -0.39 is 0 Å².